The van der Waals surface area contributed by atoms with Crippen LogP contribution in [0.5, 0.6) is 0 Å². The van der Waals surface area contributed by atoms with E-state index in [0.29, 0.717) is 17.0 Å². The summed E-state index contributed by atoms with van der Waals surface area (Å²) < 4.78 is 27.7. The fourth-order valence-corrected chi connectivity index (χ4v) is 3.99. The van der Waals surface area contributed by atoms with Crippen LogP contribution in [0.2, 0.25) is 0 Å². The number of nitrogens with one attached hydrogen (secondary N) is 2. The van der Waals surface area contributed by atoms with Gasteiger partial charge in [0.2, 0.25) is 15.9 Å². The summed E-state index contributed by atoms with van der Waals surface area (Å²) in [6.45, 7) is 1.65. The maximum absolute atomic E-state index is 12.5. The van der Waals surface area contributed by atoms with E-state index in [1.54, 1.807) is 30.3 Å². The summed E-state index contributed by atoms with van der Waals surface area (Å²) in [6.07, 6.45) is 2.99. The van der Waals surface area contributed by atoms with E-state index in [-0.39, 0.29) is 12.5 Å². The highest BCUT2D eigenvalue weighted by molar-refractivity contribution is 7.93. The molecule has 0 spiro atoms. The lowest BCUT2D eigenvalue weighted by molar-refractivity contribution is -0.114. The molecule has 0 bridgehead atoms. The van der Waals surface area contributed by atoms with Gasteiger partial charge in [0.15, 0.2) is 0 Å². The molecule has 25 heavy (non-hydrogen) atoms. The number of amides is 1. The molecule has 1 amide bonds. The van der Waals surface area contributed by atoms with Gasteiger partial charge >= 0.3 is 0 Å². The van der Waals surface area contributed by atoms with Gasteiger partial charge in [-0.1, -0.05) is 36.4 Å². The van der Waals surface area contributed by atoms with Gasteiger partial charge in [-0.2, -0.15) is 0 Å². The number of carbonyl (C=O) groups is 1. The zero-order valence-electron chi connectivity index (χ0n) is 14.0. The van der Waals surface area contributed by atoms with Crippen LogP contribution in [-0.4, -0.2) is 14.3 Å². The Morgan fingerprint density at radius 3 is 2.48 bits per heavy atom. The van der Waals surface area contributed by atoms with Crippen LogP contribution in [0, 0.1) is 0 Å². The summed E-state index contributed by atoms with van der Waals surface area (Å²) in [6, 6.07) is 14.9. The van der Waals surface area contributed by atoms with Crippen LogP contribution in [-0.2, 0) is 27.8 Å². The van der Waals surface area contributed by atoms with Crippen LogP contribution in [0.1, 0.15) is 30.0 Å². The molecule has 0 heterocycles. The molecule has 0 aliphatic heterocycles. The van der Waals surface area contributed by atoms with Gasteiger partial charge in [-0.15, -0.1) is 0 Å². The van der Waals surface area contributed by atoms with Crippen molar-refractivity contribution < 1.29 is 13.2 Å². The lowest BCUT2D eigenvalue weighted by Crippen LogP contribution is -2.25. The number of fused-ring (bicyclic) bond motifs is 1. The summed E-state index contributed by atoms with van der Waals surface area (Å²) >= 11 is 0. The Balaban J connectivity index is 1.68. The van der Waals surface area contributed by atoms with E-state index in [4.69, 9.17) is 0 Å². The number of rotatable bonds is 5. The maximum atomic E-state index is 12.5. The van der Waals surface area contributed by atoms with Gasteiger partial charge in [0, 0.05) is 19.2 Å². The monoisotopic (exact) mass is 356 g/mol. The number of benzene rings is 2. The van der Waals surface area contributed by atoms with Crippen molar-refractivity contribution in [3.8, 4) is 0 Å². The smallest absolute Gasteiger partial charge is 0.237 e. The van der Waals surface area contributed by atoms with Gasteiger partial charge in [0.05, 0.1) is 4.91 Å². The van der Waals surface area contributed by atoms with Crippen molar-refractivity contribution >= 4 is 27.7 Å². The highest BCUT2D eigenvalue weighted by Crippen LogP contribution is 2.26. The molecule has 0 radical (unpaired) electrons. The molecule has 3 rings (SSSR count). The number of anilines is 1. The van der Waals surface area contributed by atoms with Crippen LogP contribution >= 0.6 is 0 Å². The second-order valence-corrected chi connectivity index (χ2v) is 7.83. The minimum absolute atomic E-state index is 0.141. The number of allylic oxidation sites excluding steroid dienone is 1. The molecule has 2 aromatic carbocycles. The normalized spacial score (nSPS) is 13.7. The summed E-state index contributed by atoms with van der Waals surface area (Å²) in [5, 5.41) is 2.68. The first-order valence-corrected chi connectivity index (χ1v) is 9.57. The Morgan fingerprint density at radius 2 is 1.76 bits per heavy atom. The Kier molecular flexibility index (Phi) is 5.01. The van der Waals surface area contributed by atoms with E-state index in [9.17, 15) is 13.2 Å². The number of sulfonamides is 1. The van der Waals surface area contributed by atoms with Crippen LogP contribution < -0.4 is 10.0 Å². The lowest BCUT2D eigenvalue weighted by Gasteiger charge is -2.17. The predicted molar refractivity (Wildman–Crippen MR) is 99.2 cm³/mol. The third kappa shape index (κ3) is 4.35. The highest BCUT2D eigenvalue weighted by atomic mass is 32.2. The first-order valence-electron chi connectivity index (χ1n) is 8.09. The third-order valence-electron chi connectivity index (χ3n) is 4.10. The third-order valence-corrected chi connectivity index (χ3v) is 5.63. The van der Waals surface area contributed by atoms with Crippen molar-refractivity contribution in [3.63, 3.8) is 0 Å². The molecule has 0 aromatic heterocycles. The molecule has 6 heteroatoms. The molecule has 0 saturated heterocycles. The molecule has 0 fully saturated rings. The molecule has 1 aliphatic rings. The summed E-state index contributed by atoms with van der Waals surface area (Å²) in [5.41, 5.74) is 3.66. The minimum Gasteiger partial charge on any atom is -0.326 e. The Labute approximate surface area is 147 Å². The van der Waals surface area contributed by atoms with E-state index in [0.717, 1.165) is 17.5 Å². The second-order valence-electron chi connectivity index (χ2n) is 6.01. The fourth-order valence-electron chi connectivity index (χ4n) is 2.80. The molecule has 0 atom stereocenters. The molecule has 0 saturated carbocycles. The van der Waals surface area contributed by atoms with Crippen molar-refractivity contribution in [2.75, 3.05) is 5.32 Å². The molecule has 1 aliphatic carbocycles. The number of hydrogen-bond donors (Lipinski definition) is 2. The number of hydrogen-bond acceptors (Lipinski definition) is 3. The first-order chi connectivity index (χ1) is 11.9. The molecule has 0 unspecified atom stereocenters. The predicted octanol–water partition coefficient (Wildman–Crippen LogP) is 3.05. The van der Waals surface area contributed by atoms with Gasteiger partial charge < -0.3 is 5.32 Å². The van der Waals surface area contributed by atoms with Gasteiger partial charge in [0.25, 0.3) is 0 Å². The molecule has 5 nitrogen and oxygen atoms in total. The van der Waals surface area contributed by atoms with Gasteiger partial charge in [-0.3, -0.25) is 4.79 Å². The van der Waals surface area contributed by atoms with E-state index < -0.39 is 10.0 Å². The zero-order chi connectivity index (χ0) is 17.9. The highest BCUT2D eigenvalue weighted by Gasteiger charge is 2.21. The van der Waals surface area contributed by atoms with Crippen molar-refractivity contribution in [1.29, 1.82) is 0 Å². The van der Waals surface area contributed by atoms with Crippen molar-refractivity contribution in [2.24, 2.45) is 0 Å². The van der Waals surface area contributed by atoms with Crippen LogP contribution in [0.4, 0.5) is 5.69 Å². The van der Waals surface area contributed by atoms with Crippen LogP contribution in [0.15, 0.2) is 53.4 Å². The lowest BCUT2D eigenvalue weighted by atomic mass is 9.98. The van der Waals surface area contributed by atoms with Crippen molar-refractivity contribution in [1.82, 2.24) is 4.72 Å². The molecule has 130 valence electrons. The van der Waals surface area contributed by atoms with E-state index in [1.807, 2.05) is 24.3 Å². The van der Waals surface area contributed by atoms with Crippen molar-refractivity contribution in [3.05, 3.63) is 70.1 Å². The van der Waals surface area contributed by atoms with Crippen LogP contribution in [0.25, 0.3) is 6.08 Å². The number of aryl methyl sites for hydroxylation is 1. The van der Waals surface area contributed by atoms with Crippen LogP contribution in [0.3, 0.4) is 0 Å². The summed E-state index contributed by atoms with van der Waals surface area (Å²) in [5.74, 6) is -0.141. The molecule has 2 N–H and O–H groups in total. The van der Waals surface area contributed by atoms with E-state index in [1.165, 1.54) is 12.5 Å². The summed E-state index contributed by atoms with van der Waals surface area (Å²) in [4.78, 5) is 11.4. The van der Waals surface area contributed by atoms with Crippen molar-refractivity contribution in [2.45, 2.75) is 26.3 Å². The van der Waals surface area contributed by atoms with E-state index >= 15 is 0 Å². The Bertz CT molecular complexity index is 916. The molecular weight excluding hydrogens is 336 g/mol. The topological polar surface area (TPSA) is 75.3 Å². The largest absolute Gasteiger partial charge is 0.326 e. The van der Waals surface area contributed by atoms with Gasteiger partial charge in [0.1, 0.15) is 0 Å². The Hall–Kier alpha value is -2.44. The average Bonchev–Trinajstić information content (AvgIpc) is 2.60. The number of carbonyl (C=O) groups excluding carboxylic acids is 1. The summed E-state index contributed by atoms with van der Waals surface area (Å²) in [7, 11) is -3.51. The minimum atomic E-state index is -3.51. The second kappa shape index (κ2) is 7.21. The Morgan fingerprint density at radius 1 is 1.04 bits per heavy atom. The first kappa shape index (κ1) is 17.4. The van der Waals surface area contributed by atoms with Gasteiger partial charge in [-0.25, -0.2) is 13.1 Å². The maximum Gasteiger partial charge on any atom is 0.237 e. The SMILES string of the molecule is CC(=O)Nc1ccc(CNS(=O)(=O)C2=Cc3ccccc3CC2)cc1. The van der Waals surface area contributed by atoms with E-state index in [2.05, 4.69) is 10.0 Å². The quantitative estimate of drug-likeness (QED) is 0.865. The zero-order valence-corrected chi connectivity index (χ0v) is 14.8. The standard InChI is InChI=1S/C19H20N2O3S/c1-14(22)21-18-9-6-15(7-10-18)13-20-25(23,24)19-11-8-16-4-2-3-5-17(16)12-19/h2-7,9-10,12,20H,8,11,13H2,1H3,(H,21,22). The van der Waals surface area contributed by atoms with Gasteiger partial charge in [-0.05, 0) is 47.7 Å². The fraction of sp³-hybridized carbons (Fsp3) is 0.211. The molecule has 2 aromatic rings. The average molecular weight is 356 g/mol. The molecular formula is C19H20N2O3S.